The Labute approximate surface area is 842 Å². The van der Waals surface area contributed by atoms with E-state index < -0.39 is 176 Å². The molecule has 804 valence electrons. The maximum Gasteiger partial charge on any atom is 0.416 e. The zero-order chi connectivity index (χ0) is 110. The predicted octanol–water partition coefficient (Wildman–Crippen LogP) is 28.2. The third kappa shape index (κ3) is 28.2. The van der Waals surface area contributed by atoms with Crippen molar-refractivity contribution in [1.82, 2.24) is 4.98 Å². The Kier molecular flexibility index (Phi) is 34.4. The van der Waals surface area contributed by atoms with Gasteiger partial charge in [0.05, 0.1) is 141 Å². The van der Waals surface area contributed by atoms with Crippen LogP contribution in [0, 0.1) is 19.7 Å². The van der Waals surface area contributed by atoms with Crippen molar-refractivity contribution < 1.29 is 157 Å². The second-order valence-corrected chi connectivity index (χ2v) is 36.3. The van der Waals surface area contributed by atoms with Gasteiger partial charge < -0.3 is 59.6 Å². The second-order valence-electron chi connectivity index (χ2n) is 35.9. The Hall–Kier alpha value is -13.1. The summed E-state index contributed by atoms with van der Waals surface area (Å²) in [5.41, 5.74) is 1.42. The second kappa shape index (κ2) is 45.2. The summed E-state index contributed by atoms with van der Waals surface area (Å²) in [6, 6.07) is 54.9. The first kappa shape index (κ1) is 114. The van der Waals surface area contributed by atoms with Gasteiger partial charge in [-0.25, -0.2) is 4.39 Å². The first-order chi connectivity index (χ1) is 69.9. The third-order valence-corrected chi connectivity index (χ3v) is 25.8. The number of hydrogen-bond acceptors (Lipinski definition) is 13. The van der Waals surface area contributed by atoms with Gasteiger partial charge in [0.2, 0.25) is 0 Å². The fourth-order valence-corrected chi connectivity index (χ4v) is 18.4. The fourth-order valence-electron chi connectivity index (χ4n) is 18.1. The molecule has 0 amide bonds. The van der Waals surface area contributed by atoms with Gasteiger partial charge in [0.25, 0.3) is 0 Å². The highest BCUT2D eigenvalue weighted by Crippen LogP contribution is 2.51. The first-order valence-corrected chi connectivity index (χ1v) is 46.1. The minimum atomic E-state index is -5.03. The SMILES string of the molecule is CCc1cc(CN2C[C@@H](c3cccc(C(F)(F)F)c3)N(C[C@@H](O)C(F)(F)F)c3ccccc32)ccc1Cl.Cc1ccc(C(F)(F)F)cc1CN1C[C@@H](c2cccc(C(F)(F)F)c2)N(C[C@@H](O)C(F)(F)F)c2ccccc21.Cc1cccc(CN2C[C@@H](c3cccc(C(F)(F)F)c3)N(C[C@@H](O)C(F)(F)F)c3ccccc32)n1.O[C@H](CN1c2ccccc2N(Cc2cc(F)cc(C(F)(F)F)c2)C[C@H]1c1cccc(C(F)(F)F)c1)C(F)(F)F. The lowest BCUT2D eigenvalue weighted by atomic mass is 9.96. The fraction of sp³-hybridized carbons (Fsp3) is 0.324. The van der Waals surface area contributed by atoms with Crippen molar-refractivity contribution in [2.45, 2.75) is 164 Å². The number of hydrogen-bond donors (Lipinski definition) is 4. The highest BCUT2D eigenvalue weighted by Gasteiger charge is 2.50. The van der Waals surface area contributed by atoms with Crippen molar-refractivity contribution in [2.75, 3.05) is 91.6 Å². The molecular formula is C105H91ClF31N9O4. The van der Waals surface area contributed by atoms with E-state index in [0.29, 0.717) is 75.9 Å². The number of anilines is 8. The molecule has 0 unspecified atom stereocenters. The normalized spacial score (nSPS) is 17.2. The van der Waals surface area contributed by atoms with Gasteiger partial charge in [-0.15, -0.1) is 0 Å². The highest BCUT2D eigenvalue weighted by molar-refractivity contribution is 6.31. The van der Waals surface area contributed by atoms with Crippen molar-refractivity contribution >= 4 is 57.1 Å². The van der Waals surface area contributed by atoms with E-state index in [4.69, 9.17) is 11.6 Å². The number of aliphatic hydroxyl groups is 4. The Bertz CT molecular complexity index is 6630. The van der Waals surface area contributed by atoms with Crippen LogP contribution < -0.4 is 39.2 Å². The lowest BCUT2D eigenvalue weighted by Gasteiger charge is -2.46. The van der Waals surface area contributed by atoms with Crippen LogP contribution in [0.5, 0.6) is 0 Å². The third-order valence-electron chi connectivity index (χ3n) is 25.4. The summed E-state index contributed by atoms with van der Waals surface area (Å²) in [6.45, 7) is 1.82. The minimum Gasteiger partial charge on any atom is -0.382 e. The van der Waals surface area contributed by atoms with Crippen LogP contribution in [0.4, 0.5) is 182 Å². The standard InChI is InChI=1S/C27H25ClF6N2O.C27H23F9N2O.C26H20F10N2O.C25H23F6N3O/c1-2-18-12-17(10-11-21(18)28)14-35-15-24(19-6-5-7-20(13-19)26(29,30)31)36(16-25(37)27(32,33)34)23-9-4-3-8-22(23)35;1-16-9-10-20(26(31,32)33)12-18(16)13-37-14-23(17-5-4-6-19(11-17)25(28,29)30)38(15-24(39)27(34,35)36)22-8-3-2-7-21(22)37;27-19-9-15(8-18(11-19)25(31,32)33)12-37-13-22(16-4-3-5-17(10-16)24(28,29)30)38(14-23(39)26(34,35)36)21-7-2-1-6-20(21)37;1-16-6-4-9-19(32-16)13-33-14-22(17-7-5-8-18(12-17)24(26,27)28)34(15-23(35)25(29,30)31)21-11-3-2-10-20(21)33/h3-13,24-25,37H,2,14-16H2,1H3;2-12,23-24,39H,13-15H2,1H3;1-11,22-23,39H,12-14H2;2-12,22-23,35H,13-15H2,1H3/t24-,25+;23-,24+;2*22-,23+/m0000/s1. The number of rotatable bonds is 21. The molecule has 16 rings (SSSR count). The molecule has 0 saturated carbocycles. The van der Waals surface area contributed by atoms with E-state index >= 15 is 0 Å². The van der Waals surface area contributed by atoms with Gasteiger partial charge in [0.1, 0.15) is 5.82 Å². The molecule has 4 aliphatic heterocycles. The van der Waals surface area contributed by atoms with Crippen LogP contribution in [0.3, 0.4) is 0 Å². The summed E-state index contributed by atoms with van der Waals surface area (Å²) < 4.78 is 415. The summed E-state index contributed by atoms with van der Waals surface area (Å²) in [6.07, 6.45) is -58.2. The number of para-hydroxylation sites is 8. The molecule has 0 fully saturated rings. The molecule has 4 N–H and O–H groups in total. The summed E-state index contributed by atoms with van der Waals surface area (Å²) >= 11 is 6.25. The smallest absolute Gasteiger partial charge is 0.382 e. The van der Waals surface area contributed by atoms with Crippen LogP contribution >= 0.6 is 11.6 Å². The van der Waals surface area contributed by atoms with E-state index in [9.17, 15) is 157 Å². The van der Waals surface area contributed by atoms with Crippen LogP contribution in [0.2, 0.25) is 5.02 Å². The van der Waals surface area contributed by atoms with Crippen LogP contribution in [-0.4, -0.2) is 127 Å². The van der Waals surface area contributed by atoms with Crippen LogP contribution in [0.15, 0.2) is 267 Å². The van der Waals surface area contributed by atoms with Gasteiger partial charge in [0.15, 0.2) is 24.4 Å². The molecule has 11 aromatic carbocycles. The Morgan fingerprint density at radius 1 is 0.287 bits per heavy atom. The Morgan fingerprint density at radius 3 is 0.887 bits per heavy atom. The topological polar surface area (TPSA) is 120 Å². The van der Waals surface area contributed by atoms with E-state index in [0.717, 1.165) is 107 Å². The number of fused-ring (bicyclic) bond motifs is 4. The first-order valence-electron chi connectivity index (χ1n) is 45.7. The molecule has 0 aliphatic carbocycles. The number of pyridine rings is 1. The van der Waals surface area contributed by atoms with Crippen molar-refractivity contribution in [3.8, 4) is 0 Å². The van der Waals surface area contributed by atoms with E-state index in [1.165, 1.54) is 98.5 Å². The number of halogens is 32. The van der Waals surface area contributed by atoms with Gasteiger partial charge in [-0.1, -0.05) is 140 Å². The molecule has 150 heavy (non-hydrogen) atoms. The number of nitrogens with zero attached hydrogens (tertiary/aromatic N) is 9. The zero-order valence-electron chi connectivity index (χ0n) is 78.6. The zero-order valence-corrected chi connectivity index (χ0v) is 79.4. The van der Waals surface area contributed by atoms with E-state index in [2.05, 4.69) is 4.98 Å². The molecule has 1 aromatic heterocycles. The van der Waals surface area contributed by atoms with Gasteiger partial charge in [-0.3, -0.25) is 4.98 Å². The number of aliphatic hydroxyl groups excluding tert-OH is 4. The van der Waals surface area contributed by atoms with Crippen molar-refractivity contribution in [3.63, 3.8) is 0 Å². The number of aromatic nitrogens is 1. The highest BCUT2D eigenvalue weighted by atomic mass is 35.5. The predicted molar refractivity (Wildman–Crippen MR) is 502 cm³/mol. The van der Waals surface area contributed by atoms with E-state index in [1.54, 1.807) is 78.6 Å². The van der Waals surface area contributed by atoms with Gasteiger partial charge in [-0.2, -0.15) is 132 Å². The number of benzene rings is 11. The van der Waals surface area contributed by atoms with Crippen LogP contribution in [0.1, 0.15) is 126 Å². The summed E-state index contributed by atoms with van der Waals surface area (Å²) in [7, 11) is 0. The molecule has 5 heterocycles. The quantitative estimate of drug-likeness (QED) is 0.0512. The average molecular weight is 2170 g/mol. The van der Waals surface area contributed by atoms with Crippen LogP contribution in [-0.2, 0) is 69.7 Å². The number of aryl methyl sites for hydroxylation is 3. The lowest BCUT2D eigenvalue weighted by Crippen LogP contribution is -2.49. The van der Waals surface area contributed by atoms with Crippen molar-refractivity contribution in [2.24, 2.45) is 0 Å². The molecule has 13 nitrogen and oxygen atoms in total. The summed E-state index contributed by atoms with van der Waals surface area (Å²) in [4.78, 5) is 16.4. The molecule has 8 atom stereocenters. The van der Waals surface area contributed by atoms with Crippen LogP contribution in [0.25, 0.3) is 0 Å². The molecule has 12 aromatic rings. The van der Waals surface area contributed by atoms with E-state index in [-0.39, 0.29) is 84.1 Å². The number of alkyl halides is 30. The summed E-state index contributed by atoms with van der Waals surface area (Å²) in [5, 5.41) is 40.2. The van der Waals surface area contributed by atoms with Gasteiger partial charge in [-0.05, 0) is 216 Å². The molecule has 0 spiro atoms. The lowest BCUT2D eigenvalue weighted by molar-refractivity contribution is -0.200. The maximum atomic E-state index is 14.1. The molecule has 0 saturated heterocycles. The van der Waals surface area contributed by atoms with Crippen molar-refractivity contribution in [3.05, 3.63) is 373 Å². The van der Waals surface area contributed by atoms with E-state index in [1.807, 2.05) is 54.0 Å². The largest absolute Gasteiger partial charge is 0.416 e. The molecule has 0 radical (unpaired) electrons. The molecule has 45 heteroatoms. The average Bonchev–Trinajstić information content (AvgIpc) is 0.768. The summed E-state index contributed by atoms with van der Waals surface area (Å²) in [5.74, 6) is -1.16. The van der Waals surface area contributed by atoms with Gasteiger partial charge >= 0.3 is 61.8 Å². The molecule has 0 bridgehead atoms. The molecule has 4 aliphatic rings. The Balaban J connectivity index is 0.000000167. The van der Waals surface area contributed by atoms with Gasteiger partial charge in [0, 0.05) is 56.5 Å². The minimum absolute atomic E-state index is 0.0334. The molecular weight excluding hydrogens is 2080 g/mol. The van der Waals surface area contributed by atoms with Crippen molar-refractivity contribution in [1.29, 1.82) is 0 Å². The Morgan fingerprint density at radius 2 is 0.580 bits per heavy atom. The maximum absolute atomic E-state index is 14.1. The monoisotopic (exact) mass is 2170 g/mol. The number of β-amino-alcohol motifs (C(OH)–C–C–N with tert-alkyl or cyclic N) is 4.